The molecular formula is C21H25N5O. The van der Waals surface area contributed by atoms with Gasteiger partial charge in [0.25, 0.3) is 0 Å². The summed E-state index contributed by atoms with van der Waals surface area (Å²) in [7, 11) is 0. The number of benzene rings is 1. The van der Waals surface area contributed by atoms with Gasteiger partial charge in [-0.05, 0) is 47.2 Å². The van der Waals surface area contributed by atoms with Gasteiger partial charge in [0.2, 0.25) is 0 Å². The molecule has 2 aromatic heterocycles. The van der Waals surface area contributed by atoms with Crippen molar-refractivity contribution in [1.82, 2.24) is 25.8 Å². The van der Waals surface area contributed by atoms with Crippen molar-refractivity contribution >= 4 is 6.03 Å². The second-order valence-corrected chi connectivity index (χ2v) is 6.87. The maximum Gasteiger partial charge on any atom is 0.315 e. The Labute approximate surface area is 159 Å². The topological polar surface area (TPSA) is 82.7 Å². The fourth-order valence-corrected chi connectivity index (χ4v) is 2.97. The maximum absolute atomic E-state index is 12.2. The van der Waals surface area contributed by atoms with Crippen molar-refractivity contribution in [3.05, 3.63) is 71.8 Å². The number of carbonyl (C=O) groups is 1. The van der Waals surface area contributed by atoms with Gasteiger partial charge in [0.1, 0.15) is 0 Å². The van der Waals surface area contributed by atoms with Crippen molar-refractivity contribution < 1.29 is 4.79 Å². The number of hydrogen-bond acceptors (Lipinski definition) is 3. The molecule has 0 aliphatic carbocycles. The number of amides is 2. The quantitative estimate of drug-likeness (QED) is 0.615. The number of H-pyrrole nitrogens is 1. The number of aromatic amines is 1. The number of carbonyl (C=O) groups excluding carboxylic acids is 1. The molecule has 0 saturated heterocycles. The zero-order chi connectivity index (χ0) is 19.2. The standard InChI is InChI=1S/C21H25N5O/c1-14(2)19-12-24-26-20(19)13-23-21(27)25-15(3)16-4-6-17(7-5-16)18-8-10-22-11-9-18/h4-12,14-15H,13H2,1-3H3,(H,24,26)(H2,23,25,27). The summed E-state index contributed by atoms with van der Waals surface area (Å²) in [5.74, 6) is 0.362. The van der Waals surface area contributed by atoms with Crippen LogP contribution in [0.4, 0.5) is 4.79 Å². The first-order valence-corrected chi connectivity index (χ1v) is 9.11. The lowest BCUT2D eigenvalue weighted by molar-refractivity contribution is 0.237. The number of aromatic nitrogens is 3. The van der Waals surface area contributed by atoms with Gasteiger partial charge in [0.05, 0.1) is 24.5 Å². The molecule has 2 heterocycles. The molecule has 1 aromatic carbocycles. The normalized spacial score (nSPS) is 12.0. The lowest BCUT2D eigenvalue weighted by Crippen LogP contribution is -2.36. The van der Waals surface area contributed by atoms with E-state index in [2.05, 4.69) is 51.8 Å². The minimum Gasteiger partial charge on any atom is -0.333 e. The average Bonchev–Trinajstić information content (AvgIpc) is 3.16. The van der Waals surface area contributed by atoms with Crippen molar-refractivity contribution in [2.24, 2.45) is 0 Å². The summed E-state index contributed by atoms with van der Waals surface area (Å²) in [6.07, 6.45) is 5.37. The van der Waals surface area contributed by atoms with Crippen LogP contribution in [0.2, 0.25) is 0 Å². The number of hydrogen-bond donors (Lipinski definition) is 3. The highest BCUT2D eigenvalue weighted by Gasteiger charge is 2.12. The fraction of sp³-hybridized carbons (Fsp3) is 0.286. The Balaban J connectivity index is 1.56. The monoisotopic (exact) mass is 363 g/mol. The molecule has 1 unspecified atom stereocenters. The van der Waals surface area contributed by atoms with E-state index >= 15 is 0 Å². The molecule has 0 bridgehead atoms. The zero-order valence-electron chi connectivity index (χ0n) is 15.9. The molecule has 140 valence electrons. The van der Waals surface area contributed by atoms with E-state index in [1.807, 2.05) is 37.4 Å². The number of urea groups is 1. The minimum absolute atomic E-state index is 0.0946. The van der Waals surface area contributed by atoms with Crippen molar-refractivity contribution in [3.8, 4) is 11.1 Å². The largest absolute Gasteiger partial charge is 0.333 e. The third kappa shape index (κ3) is 4.73. The van der Waals surface area contributed by atoms with Crippen LogP contribution in [-0.2, 0) is 6.54 Å². The van der Waals surface area contributed by atoms with E-state index in [9.17, 15) is 4.79 Å². The Hall–Kier alpha value is -3.15. The van der Waals surface area contributed by atoms with Crippen molar-refractivity contribution in [2.45, 2.75) is 39.3 Å². The zero-order valence-corrected chi connectivity index (χ0v) is 15.9. The molecule has 0 spiro atoms. The average molecular weight is 363 g/mol. The minimum atomic E-state index is -0.204. The molecule has 3 aromatic rings. The van der Waals surface area contributed by atoms with Crippen molar-refractivity contribution in [2.75, 3.05) is 0 Å². The fourth-order valence-electron chi connectivity index (χ4n) is 2.97. The predicted octanol–water partition coefficient (Wildman–Crippen LogP) is 4.16. The van der Waals surface area contributed by atoms with Crippen LogP contribution in [-0.4, -0.2) is 21.2 Å². The molecule has 0 aliphatic rings. The van der Waals surface area contributed by atoms with E-state index in [1.165, 1.54) is 0 Å². The molecule has 27 heavy (non-hydrogen) atoms. The predicted molar refractivity (Wildman–Crippen MR) is 106 cm³/mol. The highest BCUT2D eigenvalue weighted by atomic mass is 16.2. The van der Waals surface area contributed by atoms with E-state index in [0.717, 1.165) is 27.9 Å². The third-order valence-electron chi connectivity index (χ3n) is 4.57. The second kappa shape index (κ2) is 8.49. The molecule has 2 amide bonds. The molecular weight excluding hydrogens is 338 g/mol. The van der Waals surface area contributed by atoms with E-state index in [4.69, 9.17) is 0 Å². The van der Waals surface area contributed by atoms with Gasteiger partial charge in [-0.2, -0.15) is 5.10 Å². The molecule has 6 heteroatoms. The Morgan fingerprint density at radius 1 is 1.04 bits per heavy atom. The Morgan fingerprint density at radius 2 is 1.70 bits per heavy atom. The van der Waals surface area contributed by atoms with Gasteiger partial charge in [0.15, 0.2) is 0 Å². The molecule has 6 nitrogen and oxygen atoms in total. The van der Waals surface area contributed by atoms with Crippen LogP contribution in [0, 0.1) is 0 Å². The van der Waals surface area contributed by atoms with Crippen LogP contribution in [0.3, 0.4) is 0 Å². The summed E-state index contributed by atoms with van der Waals surface area (Å²) in [6, 6.07) is 11.8. The van der Waals surface area contributed by atoms with Gasteiger partial charge in [-0.25, -0.2) is 4.79 Å². The third-order valence-corrected chi connectivity index (χ3v) is 4.57. The van der Waals surface area contributed by atoms with E-state index in [-0.39, 0.29) is 12.1 Å². The molecule has 3 N–H and O–H groups in total. The summed E-state index contributed by atoms with van der Waals surface area (Å²) in [5, 5.41) is 12.9. The summed E-state index contributed by atoms with van der Waals surface area (Å²) in [4.78, 5) is 16.3. The highest BCUT2D eigenvalue weighted by Crippen LogP contribution is 2.21. The van der Waals surface area contributed by atoms with Gasteiger partial charge >= 0.3 is 6.03 Å². The van der Waals surface area contributed by atoms with E-state index in [0.29, 0.717) is 12.5 Å². The summed E-state index contributed by atoms with van der Waals surface area (Å²) in [6.45, 7) is 6.60. The number of nitrogens with one attached hydrogen (secondary N) is 3. The lowest BCUT2D eigenvalue weighted by Gasteiger charge is -2.16. The Morgan fingerprint density at radius 3 is 2.37 bits per heavy atom. The van der Waals surface area contributed by atoms with Gasteiger partial charge in [-0.15, -0.1) is 0 Å². The lowest BCUT2D eigenvalue weighted by atomic mass is 10.0. The highest BCUT2D eigenvalue weighted by molar-refractivity contribution is 5.74. The summed E-state index contributed by atoms with van der Waals surface area (Å²) < 4.78 is 0. The SMILES string of the molecule is CC(C)c1cn[nH]c1CNC(=O)NC(C)c1ccc(-c2ccncc2)cc1. The first-order chi connectivity index (χ1) is 13.0. The van der Waals surface area contributed by atoms with Crippen LogP contribution in [0.25, 0.3) is 11.1 Å². The molecule has 0 fully saturated rings. The maximum atomic E-state index is 12.2. The van der Waals surface area contributed by atoms with Gasteiger partial charge in [0, 0.05) is 12.4 Å². The van der Waals surface area contributed by atoms with Gasteiger partial charge in [-0.3, -0.25) is 10.1 Å². The van der Waals surface area contributed by atoms with Gasteiger partial charge < -0.3 is 10.6 Å². The van der Waals surface area contributed by atoms with Crippen LogP contribution in [0.5, 0.6) is 0 Å². The van der Waals surface area contributed by atoms with Crippen LogP contribution in [0.15, 0.2) is 55.0 Å². The van der Waals surface area contributed by atoms with Crippen LogP contribution < -0.4 is 10.6 Å². The first-order valence-electron chi connectivity index (χ1n) is 9.11. The molecule has 0 saturated carbocycles. The van der Waals surface area contributed by atoms with Crippen LogP contribution >= 0.6 is 0 Å². The van der Waals surface area contributed by atoms with E-state index < -0.39 is 0 Å². The summed E-state index contributed by atoms with van der Waals surface area (Å²) in [5.41, 5.74) is 5.35. The molecule has 0 aliphatic heterocycles. The first kappa shape index (κ1) is 18.6. The smallest absolute Gasteiger partial charge is 0.315 e. The summed E-state index contributed by atoms with van der Waals surface area (Å²) >= 11 is 0. The number of rotatable bonds is 6. The Bertz CT molecular complexity index is 871. The molecule has 3 rings (SSSR count). The van der Waals surface area contributed by atoms with E-state index in [1.54, 1.807) is 12.4 Å². The second-order valence-electron chi connectivity index (χ2n) is 6.87. The van der Waals surface area contributed by atoms with Crippen LogP contribution in [0.1, 0.15) is 49.6 Å². The number of nitrogens with zero attached hydrogens (tertiary/aromatic N) is 2. The molecule has 1 atom stereocenters. The van der Waals surface area contributed by atoms with Crippen molar-refractivity contribution in [1.29, 1.82) is 0 Å². The number of pyridine rings is 1. The van der Waals surface area contributed by atoms with Gasteiger partial charge in [-0.1, -0.05) is 38.1 Å². The Kier molecular flexibility index (Phi) is 5.86. The van der Waals surface area contributed by atoms with Crippen molar-refractivity contribution in [3.63, 3.8) is 0 Å². The molecule has 0 radical (unpaired) electrons.